The molecule has 0 unspecified atom stereocenters. The Morgan fingerprint density at radius 2 is 1.48 bits per heavy atom. The molecule has 27 heavy (non-hydrogen) atoms. The Morgan fingerprint density at radius 1 is 0.852 bits per heavy atom. The van der Waals surface area contributed by atoms with Gasteiger partial charge in [-0.1, -0.05) is 60.7 Å². The first kappa shape index (κ1) is 18.4. The molecule has 4 heteroatoms. The molecule has 0 fully saturated rings. The molecular formula is C23H22N2O2. The van der Waals surface area contributed by atoms with Crippen molar-refractivity contribution in [3.8, 4) is 5.75 Å². The molecule has 3 aromatic carbocycles. The van der Waals surface area contributed by atoms with Crippen LogP contribution in [-0.4, -0.2) is 12.1 Å². The largest absolute Gasteiger partial charge is 0.489 e. The van der Waals surface area contributed by atoms with E-state index in [1.54, 1.807) is 6.21 Å². The third-order valence-corrected chi connectivity index (χ3v) is 4.01. The van der Waals surface area contributed by atoms with Crippen LogP contribution in [0.2, 0.25) is 0 Å². The third kappa shape index (κ3) is 6.44. The lowest BCUT2D eigenvalue weighted by atomic mass is 10.1. The van der Waals surface area contributed by atoms with Gasteiger partial charge in [-0.05, 0) is 47.4 Å². The van der Waals surface area contributed by atoms with Crippen molar-refractivity contribution >= 4 is 12.1 Å². The Kier molecular flexibility index (Phi) is 6.76. The highest BCUT2D eigenvalue weighted by Crippen LogP contribution is 2.13. The summed E-state index contributed by atoms with van der Waals surface area (Å²) in [5.74, 6) is 0.695. The maximum atomic E-state index is 11.8. The SMILES string of the molecule is O=C(CCc1ccccc1)N/N=C\c1ccc(OCc2ccccc2)cc1. The summed E-state index contributed by atoms with van der Waals surface area (Å²) in [5, 5.41) is 4.01. The molecule has 3 aromatic rings. The predicted molar refractivity (Wildman–Crippen MR) is 108 cm³/mol. The van der Waals surface area contributed by atoms with E-state index < -0.39 is 0 Å². The number of carbonyl (C=O) groups excluding carboxylic acids is 1. The number of hydrazone groups is 1. The molecule has 1 N–H and O–H groups in total. The molecule has 0 aliphatic rings. The highest BCUT2D eigenvalue weighted by Gasteiger charge is 2.00. The zero-order valence-corrected chi connectivity index (χ0v) is 15.0. The Morgan fingerprint density at radius 3 is 2.15 bits per heavy atom. The van der Waals surface area contributed by atoms with Crippen molar-refractivity contribution < 1.29 is 9.53 Å². The zero-order chi connectivity index (χ0) is 18.7. The average Bonchev–Trinajstić information content (AvgIpc) is 2.73. The molecule has 4 nitrogen and oxygen atoms in total. The number of carbonyl (C=O) groups is 1. The van der Waals surface area contributed by atoms with E-state index in [0.717, 1.165) is 22.4 Å². The van der Waals surface area contributed by atoms with Gasteiger partial charge in [-0.15, -0.1) is 0 Å². The number of rotatable bonds is 8. The molecule has 3 rings (SSSR count). The summed E-state index contributed by atoms with van der Waals surface area (Å²) in [4.78, 5) is 11.8. The van der Waals surface area contributed by atoms with Crippen molar-refractivity contribution in [3.63, 3.8) is 0 Å². The van der Waals surface area contributed by atoms with Crippen LogP contribution in [0.25, 0.3) is 0 Å². The van der Waals surface area contributed by atoms with Crippen molar-refractivity contribution in [2.75, 3.05) is 0 Å². The molecule has 0 spiro atoms. The number of nitrogens with zero attached hydrogens (tertiary/aromatic N) is 1. The van der Waals surface area contributed by atoms with Gasteiger partial charge in [0.2, 0.25) is 5.91 Å². The van der Waals surface area contributed by atoms with Gasteiger partial charge in [-0.25, -0.2) is 5.43 Å². The highest BCUT2D eigenvalue weighted by atomic mass is 16.5. The number of ether oxygens (including phenoxy) is 1. The minimum absolute atomic E-state index is 0.0992. The van der Waals surface area contributed by atoms with E-state index in [1.165, 1.54) is 0 Å². The number of hydrogen-bond acceptors (Lipinski definition) is 3. The summed E-state index contributed by atoms with van der Waals surface area (Å²) >= 11 is 0. The number of aryl methyl sites for hydroxylation is 1. The Labute approximate surface area is 159 Å². The molecule has 0 radical (unpaired) electrons. The third-order valence-electron chi connectivity index (χ3n) is 4.01. The van der Waals surface area contributed by atoms with Crippen molar-refractivity contribution in [3.05, 3.63) is 102 Å². The lowest BCUT2D eigenvalue weighted by Gasteiger charge is -2.06. The van der Waals surface area contributed by atoms with Crippen LogP contribution in [0.4, 0.5) is 0 Å². The quantitative estimate of drug-likeness (QED) is 0.481. The molecule has 0 atom stereocenters. The molecule has 0 aromatic heterocycles. The molecule has 0 aliphatic carbocycles. The van der Waals surface area contributed by atoms with Gasteiger partial charge in [0.15, 0.2) is 0 Å². The second-order valence-electron chi connectivity index (χ2n) is 6.12. The maximum absolute atomic E-state index is 11.8. The van der Waals surface area contributed by atoms with Gasteiger partial charge >= 0.3 is 0 Å². The average molecular weight is 358 g/mol. The van der Waals surface area contributed by atoms with Gasteiger partial charge < -0.3 is 4.74 Å². The summed E-state index contributed by atoms with van der Waals surface area (Å²) < 4.78 is 5.75. The number of amides is 1. The fourth-order valence-electron chi connectivity index (χ4n) is 2.53. The van der Waals surface area contributed by atoms with E-state index in [2.05, 4.69) is 10.5 Å². The van der Waals surface area contributed by atoms with Crippen LogP contribution in [0.1, 0.15) is 23.1 Å². The Hall–Kier alpha value is -3.40. The lowest BCUT2D eigenvalue weighted by molar-refractivity contribution is -0.121. The van der Waals surface area contributed by atoms with Crippen molar-refractivity contribution in [2.24, 2.45) is 5.10 Å². The molecular weight excluding hydrogens is 336 g/mol. The van der Waals surface area contributed by atoms with Crippen LogP contribution >= 0.6 is 0 Å². The Bertz CT molecular complexity index is 860. The fourth-order valence-corrected chi connectivity index (χ4v) is 2.53. The first-order valence-corrected chi connectivity index (χ1v) is 8.92. The zero-order valence-electron chi connectivity index (χ0n) is 15.0. The highest BCUT2D eigenvalue weighted by molar-refractivity contribution is 5.82. The molecule has 0 aliphatic heterocycles. The first-order chi connectivity index (χ1) is 13.3. The predicted octanol–water partition coefficient (Wildman–Crippen LogP) is 4.35. The van der Waals surface area contributed by atoms with Gasteiger partial charge in [0, 0.05) is 6.42 Å². The van der Waals surface area contributed by atoms with Gasteiger partial charge in [0.25, 0.3) is 0 Å². The van der Waals surface area contributed by atoms with Crippen LogP contribution in [0, 0.1) is 0 Å². The van der Waals surface area contributed by atoms with E-state index in [0.29, 0.717) is 19.4 Å². The van der Waals surface area contributed by atoms with Crippen molar-refractivity contribution in [1.29, 1.82) is 0 Å². The molecule has 0 bridgehead atoms. The second-order valence-corrected chi connectivity index (χ2v) is 6.12. The molecule has 0 heterocycles. The van der Waals surface area contributed by atoms with Crippen molar-refractivity contribution in [1.82, 2.24) is 5.43 Å². The topological polar surface area (TPSA) is 50.7 Å². The monoisotopic (exact) mass is 358 g/mol. The van der Waals surface area contributed by atoms with E-state index in [9.17, 15) is 4.79 Å². The second kappa shape index (κ2) is 9.92. The summed E-state index contributed by atoms with van der Waals surface area (Å²) in [6.45, 7) is 0.533. The Balaban J connectivity index is 1.41. The van der Waals surface area contributed by atoms with Crippen LogP contribution in [0.3, 0.4) is 0 Å². The summed E-state index contributed by atoms with van der Waals surface area (Å²) in [6.07, 6.45) is 2.74. The summed E-state index contributed by atoms with van der Waals surface area (Å²) in [6, 6.07) is 27.5. The van der Waals surface area contributed by atoms with E-state index >= 15 is 0 Å². The lowest BCUT2D eigenvalue weighted by Crippen LogP contribution is -2.17. The van der Waals surface area contributed by atoms with Crippen LogP contribution in [-0.2, 0) is 17.8 Å². The van der Waals surface area contributed by atoms with Gasteiger partial charge in [0.05, 0.1) is 6.21 Å². The minimum atomic E-state index is -0.0992. The summed E-state index contributed by atoms with van der Waals surface area (Å²) in [5.41, 5.74) is 5.72. The van der Waals surface area contributed by atoms with Crippen LogP contribution in [0.5, 0.6) is 5.75 Å². The number of benzene rings is 3. The molecule has 1 amide bonds. The van der Waals surface area contributed by atoms with Gasteiger partial charge in [-0.3, -0.25) is 4.79 Å². The van der Waals surface area contributed by atoms with Gasteiger partial charge in [0.1, 0.15) is 12.4 Å². The van der Waals surface area contributed by atoms with E-state index in [4.69, 9.17) is 4.74 Å². The standard InChI is InChI=1S/C23H22N2O2/c26-23(16-13-19-7-3-1-4-8-19)25-24-17-20-11-14-22(15-12-20)27-18-21-9-5-2-6-10-21/h1-12,14-15,17H,13,16,18H2,(H,25,26)/b24-17-. The maximum Gasteiger partial charge on any atom is 0.240 e. The van der Waals surface area contributed by atoms with E-state index in [1.807, 2.05) is 84.9 Å². The van der Waals surface area contributed by atoms with Crippen LogP contribution in [0.15, 0.2) is 90.0 Å². The smallest absolute Gasteiger partial charge is 0.240 e. The fraction of sp³-hybridized carbons (Fsp3) is 0.130. The summed E-state index contributed by atoms with van der Waals surface area (Å²) in [7, 11) is 0. The first-order valence-electron chi connectivity index (χ1n) is 8.92. The van der Waals surface area contributed by atoms with Crippen LogP contribution < -0.4 is 10.2 Å². The normalized spacial score (nSPS) is 10.7. The van der Waals surface area contributed by atoms with Crippen molar-refractivity contribution in [2.45, 2.75) is 19.4 Å². The van der Waals surface area contributed by atoms with Gasteiger partial charge in [-0.2, -0.15) is 5.10 Å². The minimum Gasteiger partial charge on any atom is -0.489 e. The van der Waals surface area contributed by atoms with E-state index in [-0.39, 0.29) is 5.91 Å². The molecule has 136 valence electrons. The molecule has 0 saturated carbocycles. The number of nitrogens with one attached hydrogen (secondary N) is 1. The molecule has 0 saturated heterocycles. The number of hydrogen-bond donors (Lipinski definition) is 1.